The van der Waals surface area contributed by atoms with Crippen LogP contribution in [0.25, 0.3) is 0 Å². The number of hydrogen-bond donors (Lipinski definition) is 1. The number of thiophene rings is 1. The van der Waals surface area contributed by atoms with Gasteiger partial charge in [0.1, 0.15) is 0 Å². The first kappa shape index (κ1) is 17.1. The zero-order valence-electron chi connectivity index (χ0n) is 13.4. The van der Waals surface area contributed by atoms with Crippen molar-refractivity contribution in [1.29, 1.82) is 5.26 Å². The van der Waals surface area contributed by atoms with Gasteiger partial charge in [-0.3, -0.25) is 4.90 Å². The van der Waals surface area contributed by atoms with E-state index in [1.54, 1.807) is 11.3 Å². The van der Waals surface area contributed by atoms with Gasteiger partial charge in [-0.15, -0.1) is 11.3 Å². The van der Waals surface area contributed by atoms with Gasteiger partial charge in [-0.05, 0) is 54.6 Å². The number of fused-ring (bicyclic) bond motifs is 1. The Morgan fingerprint density at radius 1 is 1.33 bits per heavy atom. The van der Waals surface area contributed by atoms with Crippen LogP contribution in [0.2, 0.25) is 0 Å². The lowest BCUT2D eigenvalue weighted by Gasteiger charge is -2.32. The number of rotatable bonds is 5. The molecule has 5 nitrogen and oxygen atoms in total. The molecule has 0 fully saturated rings. The van der Waals surface area contributed by atoms with Crippen LogP contribution in [-0.4, -0.2) is 32.4 Å². The van der Waals surface area contributed by atoms with Gasteiger partial charge in [0.2, 0.25) is 10.0 Å². The number of hydrogen-bond acceptors (Lipinski definition) is 5. The molecule has 1 unspecified atom stereocenters. The zero-order valence-corrected chi connectivity index (χ0v) is 15.0. The summed E-state index contributed by atoms with van der Waals surface area (Å²) >= 11 is 1.80. The summed E-state index contributed by atoms with van der Waals surface area (Å²) in [6, 6.07) is 10.2. The molecule has 0 saturated carbocycles. The van der Waals surface area contributed by atoms with Gasteiger partial charge >= 0.3 is 0 Å². The second kappa shape index (κ2) is 7.03. The summed E-state index contributed by atoms with van der Waals surface area (Å²) in [5, 5.41) is 10.9. The molecule has 0 spiro atoms. The first-order valence-corrected chi connectivity index (χ1v) is 10.1. The minimum Gasteiger partial charge on any atom is -0.295 e. The Kier molecular flexibility index (Phi) is 5.01. The number of nitrogens with one attached hydrogen (secondary N) is 1. The van der Waals surface area contributed by atoms with E-state index in [4.69, 9.17) is 5.26 Å². The average molecular weight is 361 g/mol. The highest BCUT2D eigenvalue weighted by atomic mass is 32.2. The fourth-order valence-corrected chi connectivity index (χ4v) is 4.81. The van der Waals surface area contributed by atoms with E-state index in [0.29, 0.717) is 12.1 Å². The standard InChI is InChI=1S/C17H19N3O2S2/c1-13(20-8-6-17-15(12-20)7-9-23-17)11-19-24(21,22)16-4-2-14(10-18)3-5-16/h2-5,7,9,13,19H,6,8,11-12H2,1H3. The number of sulfonamides is 1. The van der Waals surface area contributed by atoms with E-state index in [2.05, 4.69) is 21.1 Å². The van der Waals surface area contributed by atoms with Crippen molar-refractivity contribution in [3.8, 4) is 6.07 Å². The molecule has 1 aliphatic rings. The highest BCUT2D eigenvalue weighted by Gasteiger charge is 2.23. The fraction of sp³-hybridized carbons (Fsp3) is 0.353. The van der Waals surface area contributed by atoms with Gasteiger partial charge < -0.3 is 0 Å². The van der Waals surface area contributed by atoms with Crippen LogP contribution >= 0.6 is 11.3 Å². The third-order valence-corrected chi connectivity index (χ3v) is 6.79. The van der Waals surface area contributed by atoms with Crippen molar-refractivity contribution in [3.05, 3.63) is 51.7 Å². The molecule has 2 heterocycles. The smallest absolute Gasteiger partial charge is 0.240 e. The Labute approximate surface area is 146 Å². The monoisotopic (exact) mass is 361 g/mol. The minimum atomic E-state index is -3.55. The van der Waals surface area contributed by atoms with Gasteiger partial charge in [-0.2, -0.15) is 5.26 Å². The molecular weight excluding hydrogens is 342 g/mol. The van der Waals surface area contributed by atoms with E-state index in [-0.39, 0.29) is 10.9 Å². The number of nitrogens with zero attached hydrogens (tertiary/aromatic N) is 2. The van der Waals surface area contributed by atoms with Crippen LogP contribution in [0, 0.1) is 11.3 Å². The van der Waals surface area contributed by atoms with Gasteiger partial charge in [0, 0.05) is 30.6 Å². The van der Waals surface area contributed by atoms with E-state index in [9.17, 15) is 8.42 Å². The fourth-order valence-electron chi connectivity index (χ4n) is 2.80. The molecule has 0 aliphatic carbocycles. The lowest BCUT2D eigenvalue weighted by atomic mass is 10.1. The molecule has 0 radical (unpaired) electrons. The molecule has 24 heavy (non-hydrogen) atoms. The maximum absolute atomic E-state index is 12.4. The molecule has 2 aromatic rings. The second-order valence-corrected chi connectivity index (χ2v) is 8.69. The lowest BCUT2D eigenvalue weighted by molar-refractivity contribution is 0.193. The molecule has 1 aromatic carbocycles. The quantitative estimate of drug-likeness (QED) is 0.887. The van der Waals surface area contributed by atoms with E-state index >= 15 is 0 Å². The molecule has 126 valence electrons. The van der Waals surface area contributed by atoms with Gasteiger partial charge in [0.25, 0.3) is 0 Å². The summed E-state index contributed by atoms with van der Waals surface area (Å²) in [6.07, 6.45) is 1.03. The predicted octanol–water partition coefficient (Wildman–Crippen LogP) is 2.34. The summed E-state index contributed by atoms with van der Waals surface area (Å²) in [6.45, 7) is 4.23. The SMILES string of the molecule is CC(CNS(=O)(=O)c1ccc(C#N)cc1)N1CCc2sccc2C1. The van der Waals surface area contributed by atoms with E-state index in [1.165, 1.54) is 34.7 Å². The molecule has 0 amide bonds. The Bertz CT molecular complexity index is 851. The van der Waals surface area contributed by atoms with Gasteiger partial charge in [0.15, 0.2) is 0 Å². The summed E-state index contributed by atoms with van der Waals surface area (Å²) in [5.41, 5.74) is 1.80. The minimum absolute atomic E-state index is 0.117. The summed E-state index contributed by atoms with van der Waals surface area (Å²) in [4.78, 5) is 3.93. The maximum atomic E-state index is 12.4. The molecule has 3 rings (SSSR count). The predicted molar refractivity (Wildman–Crippen MR) is 94.2 cm³/mol. The summed E-state index contributed by atoms with van der Waals surface area (Å²) in [7, 11) is -3.55. The van der Waals surface area contributed by atoms with Crippen LogP contribution in [0.5, 0.6) is 0 Å². The number of benzene rings is 1. The molecule has 1 aliphatic heterocycles. The largest absolute Gasteiger partial charge is 0.295 e. The van der Waals surface area contributed by atoms with Crippen molar-refractivity contribution >= 4 is 21.4 Å². The van der Waals surface area contributed by atoms with Crippen LogP contribution < -0.4 is 4.72 Å². The first-order valence-electron chi connectivity index (χ1n) is 7.79. The van der Waals surface area contributed by atoms with Gasteiger partial charge in [0.05, 0.1) is 16.5 Å². The molecule has 0 saturated heterocycles. The van der Waals surface area contributed by atoms with E-state index < -0.39 is 10.0 Å². The van der Waals surface area contributed by atoms with Crippen LogP contribution in [0.3, 0.4) is 0 Å². The van der Waals surface area contributed by atoms with Crippen LogP contribution in [-0.2, 0) is 23.0 Å². The second-order valence-electron chi connectivity index (χ2n) is 5.93. The third-order valence-electron chi connectivity index (χ3n) is 4.32. The Morgan fingerprint density at radius 2 is 2.08 bits per heavy atom. The van der Waals surface area contributed by atoms with Crippen LogP contribution in [0.1, 0.15) is 22.9 Å². The molecule has 1 aromatic heterocycles. The van der Waals surface area contributed by atoms with Crippen molar-refractivity contribution in [1.82, 2.24) is 9.62 Å². The van der Waals surface area contributed by atoms with E-state index in [0.717, 1.165) is 19.5 Å². The highest BCUT2D eigenvalue weighted by Crippen LogP contribution is 2.25. The third kappa shape index (κ3) is 3.68. The highest BCUT2D eigenvalue weighted by molar-refractivity contribution is 7.89. The van der Waals surface area contributed by atoms with Crippen molar-refractivity contribution in [2.45, 2.75) is 30.8 Å². The molecular formula is C17H19N3O2S2. The lowest BCUT2D eigenvalue weighted by Crippen LogP contribution is -2.44. The van der Waals surface area contributed by atoms with Crippen molar-refractivity contribution < 1.29 is 8.42 Å². The summed E-state index contributed by atoms with van der Waals surface area (Å²) < 4.78 is 27.4. The Morgan fingerprint density at radius 3 is 2.79 bits per heavy atom. The van der Waals surface area contributed by atoms with Crippen LogP contribution in [0.4, 0.5) is 0 Å². The van der Waals surface area contributed by atoms with Crippen molar-refractivity contribution in [2.75, 3.05) is 13.1 Å². The zero-order chi connectivity index (χ0) is 17.2. The van der Waals surface area contributed by atoms with Crippen LogP contribution in [0.15, 0.2) is 40.6 Å². The normalized spacial score (nSPS) is 16.3. The Balaban J connectivity index is 1.61. The number of nitriles is 1. The molecule has 0 bridgehead atoms. The van der Waals surface area contributed by atoms with Crippen molar-refractivity contribution in [3.63, 3.8) is 0 Å². The Hall–Kier alpha value is -1.72. The van der Waals surface area contributed by atoms with E-state index in [1.807, 2.05) is 13.0 Å². The average Bonchev–Trinajstić information content (AvgIpc) is 3.07. The van der Waals surface area contributed by atoms with Gasteiger partial charge in [-0.1, -0.05) is 0 Å². The van der Waals surface area contributed by atoms with Crippen molar-refractivity contribution in [2.24, 2.45) is 0 Å². The molecule has 1 atom stereocenters. The maximum Gasteiger partial charge on any atom is 0.240 e. The topological polar surface area (TPSA) is 73.2 Å². The molecule has 1 N–H and O–H groups in total. The first-order chi connectivity index (χ1) is 11.5. The molecule has 7 heteroatoms. The summed E-state index contributed by atoms with van der Waals surface area (Å²) in [5.74, 6) is 0. The van der Waals surface area contributed by atoms with Gasteiger partial charge in [-0.25, -0.2) is 13.1 Å².